The maximum Gasteiger partial charge on any atom is 0.322 e. The number of hydrogen-bond acceptors (Lipinski definition) is 5. The van der Waals surface area contributed by atoms with Gasteiger partial charge in [0.2, 0.25) is 6.79 Å². The molecule has 0 saturated heterocycles. The molecule has 3 aliphatic heterocycles. The molecule has 8 nitrogen and oxygen atoms in total. The number of fused-ring (bicyclic) bond motifs is 1. The lowest BCUT2D eigenvalue weighted by Crippen LogP contribution is -2.45. The van der Waals surface area contributed by atoms with Gasteiger partial charge in [-0.25, -0.2) is 4.79 Å². The normalized spacial score (nSPS) is 18.6. The third-order valence-electron chi connectivity index (χ3n) is 6.42. The molecule has 3 aromatic rings. The van der Waals surface area contributed by atoms with E-state index in [1.807, 2.05) is 72.8 Å². The van der Waals surface area contributed by atoms with Crippen LogP contribution in [0.1, 0.15) is 17.2 Å². The number of carbonyl (C=O) groups is 2. The molecule has 8 heteroatoms. The van der Waals surface area contributed by atoms with E-state index < -0.39 is 6.04 Å². The van der Waals surface area contributed by atoms with E-state index in [1.54, 1.807) is 11.9 Å². The average molecular weight is 469 g/mol. The van der Waals surface area contributed by atoms with Crippen molar-refractivity contribution in [2.45, 2.75) is 12.6 Å². The molecule has 35 heavy (non-hydrogen) atoms. The van der Waals surface area contributed by atoms with E-state index in [1.165, 1.54) is 4.90 Å². The zero-order valence-electron chi connectivity index (χ0n) is 19.1. The number of hydrogen-bond donors (Lipinski definition) is 1. The van der Waals surface area contributed by atoms with Gasteiger partial charge in [0.05, 0.1) is 23.9 Å². The molecule has 0 spiro atoms. The van der Waals surface area contributed by atoms with Crippen LogP contribution in [-0.2, 0) is 11.3 Å². The van der Waals surface area contributed by atoms with Crippen LogP contribution < -0.4 is 19.5 Å². The Balaban J connectivity index is 1.28. The number of ether oxygens (including phenoxy) is 3. The highest BCUT2D eigenvalue weighted by Gasteiger charge is 2.43. The number of nitrogens with zero attached hydrogens (tertiary/aromatic N) is 2. The molecule has 0 radical (unpaired) electrons. The quantitative estimate of drug-likeness (QED) is 0.606. The number of benzene rings is 3. The first kappa shape index (κ1) is 21.1. The highest BCUT2D eigenvalue weighted by Crippen LogP contribution is 2.38. The number of likely N-dealkylation sites (N-methyl/N-ethyl adjacent to an activating group) is 1. The Morgan fingerprint density at radius 2 is 1.74 bits per heavy atom. The van der Waals surface area contributed by atoms with Gasteiger partial charge in [-0.1, -0.05) is 36.4 Å². The first-order valence-corrected chi connectivity index (χ1v) is 11.3. The maximum absolute atomic E-state index is 13.6. The lowest BCUT2D eigenvalue weighted by Gasteiger charge is -2.31. The number of urea groups is 1. The average Bonchev–Trinajstić information content (AvgIpc) is 3.47. The van der Waals surface area contributed by atoms with Crippen molar-refractivity contribution >= 4 is 11.9 Å². The van der Waals surface area contributed by atoms with Crippen molar-refractivity contribution in [3.05, 3.63) is 95.2 Å². The molecular weight excluding hydrogens is 446 g/mol. The zero-order chi connectivity index (χ0) is 23.9. The van der Waals surface area contributed by atoms with E-state index in [9.17, 15) is 9.59 Å². The molecule has 0 fully saturated rings. The third kappa shape index (κ3) is 3.82. The molecule has 1 atom stereocenters. The van der Waals surface area contributed by atoms with Gasteiger partial charge in [0.25, 0.3) is 5.91 Å². The molecule has 3 amide bonds. The number of carbonyl (C=O) groups excluding carboxylic acids is 2. The minimum Gasteiger partial charge on any atom is -0.457 e. The van der Waals surface area contributed by atoms with E-state index in [-0.39, 0.29) is 18.7 Å². The lowest BCUT2D eigenvalue weighted by atomic mass is 9.95. The summed E-state index contributed by atoms with van der Waals surface area (Å²) in [5, 5.41) is 2.98. The molecule has 0 saturated carbocycles. The van der Waals surface area contributed by atoms with Crippen molar-refractivity contribution in [2.75, 3.05) is 20.4 Å². The van der Waals surface area contributed by atoms with Gasteiger partial charge in [-0.3, -0.25) is 9.69 Å². The van der Waals surface area contributed by atoms with Gasteiger partial charge in [0.1, 0.15) is 11.5 Å². The van der Waals surface area contributed by atoms with Gasteiger partial charge < -0.3 is 24.4 Å². The molecule has 3 aromatic carbocycles. The standard InChI is InChI=1S/C27H23N3O5/c1-29-21-15-30(14-17-10-11-22-23(12-17)34-16-33-22)26(31)24(21)25(28-27(29)32)18-6-5-9-20(13-18)35-19-7-3-2-4-8-19/h2-13,25H,14-16H2,1H3,(H,28,32)/t25-/m0/s1. The molecule has 176 valence electrons. The second-order valence-electron chi connectivity index (χ2n) is 8.64. The smallest absolute Gasteiger partial charge is 0.322 e. The number of nitrogens with one attached hydrogen (secondary N) is 1. The molecule has 3 heterocycles. The molecule has 6 rings (SSSR count). The van der Waals surface area contributed by atoms with Crippen molar-refractivity contribution in [1.82, 2.24) is 15.1 Å². The Labute approximate surface area is 202 Å². The number of para-hydroxylation sites is 1. The third-order valence-corrected chi connectivity index (χ3v) is 6.42. The van der Waals surface area contributed by atoms with Gasteiger partial charge in [0.15, 0.2) is 11.5 Å². The van der Waals surface area contributed by atoms with Crippen LogP contribution in [0.5, 0.6) is 23.0 Å². The van der Waals surface area contributed by atoms with Crippen molar-refractivity contribution in [3.8, 4) is 23.0 Å². The summed E-state index contributed by atoms with van der Waals surface area (Å²) in [6.45, 7) is 0.947. The van der Waals surface area contributed by atoms with Gasteiger partial charge in [-0.05, 0) is 47.5 Å². The Morgan fingerprint density at radius 3 is 2.60 bits per heavy atom. The fourth-order valence-corrected chi connectivity index (χ4v) is 4.64. The minimum atomic E-state index is -0.567. The fourth-order valence-electron chi connectivity index (χ4n) is 4.64. The van der Waals surface area contributed by atoms with Crippen LogP contribution in [0.2, 0.25) is 0 Å². The lowest BCUT2D eigenvalue weighted by molar-refractivity contribution is -0.126. The summed E-state index contributed by atoms with van der Waals surface area (Å²) in [6, 6.07) is 21.8. The molecule has 0 aromatic heterocycles. The molecule has 1 N–H and O–H groups in total. The second-order valence-corrected chi connectivity index (χ2v) is 8.64. The zero-order valence-corrected chi connectivity index (χ0v) is 19.1. The van der Waals surface area contributed by atoms with Gasteiger partial charge >= 0.3 is 6.03 Å². The Morgan fingerprint density at radius 1 is 0.943 bits per heavy atom. The van der Waals surface area contributed by atoms with Crippen LogP contribution in [0.15, 0.2) is 84.1 Å². The summed E-state index contributed by atoms with van der Waals surface area (Å²) in [4.78, 5) is 29.6. The topological polar surface area (TPSA) is 80.3 Å². The van der Waals surface area contributed by atoms with Crippen molar-refractivity contribution < 1.29 is 23.8 Å². The highest BCUT2D eigenvalue weighted by molar-refractivity contribution is 6.01. The SMILES string of the molecule is CN1C(=O)N[C@@H](c2cccc(Oc3ccccc3)c2)C2=C1CN(Cc1ccc3c(c1)OCO3)C2=O. The monoisotopic (exact) mass is 469 g/mol. The number of amides is 3. The minimum absolute atomic E-state index is 0.108. The molecular formula is C27H23N3O5. The van der Waals surface area contributed by atoms with Crippen LogP contribution >= 0.6 is 0 Å². The van der Waals surface area contributed by atoms with E-state index in [4.69, 9.17) is 14.2 Å². The summed E-state index contributed by atoms with van der Waals surface area (Å²) in [6.07, 6.45) is 0. The Kier molecular flexibility index (Phi) is 5.06. The summed E-state index contributed by atoms with van der Waals surface area (Å²) in [7, 11) is 1.69. The summed E-state index contributed by atoms with van der Waals surface area (Å²) in [5.74, 6) is 2.61. The highest BCUT2D eigenvalue weighted by atomic mass is 16.7. The molecule has 0 unspecified atom stereocenters. The predicted octanol–water partition coefficient (Wildman–Crippen LogP) is 4.20. The molecule has 3 aliphatic rings. The van der Waals surface area contributed by atoms with Crippen LogP contribution in [0.3, 0.4) is 0 Å². The second kappa shape index (κ2) is 8.39. The summed E-state index contributed by atoms with van der Waals surface area (Å²) in [5.41, 5.74) is 2.99. The van der Waals surface area contributed by atoms with Crippen molar-refractivity contribution in [2.24, 2.45) is 0 Å². The van der Waals surface area contributed by atoms with Gasteiger partial charge in [-0.2, -0.15) is 0 Å². The maximum atomic E-state index is 13.6. The Hall–Kier alpha value is -4.46. The van der Waals surface area contributed by atoms with Crippen molar-refractivity contribution in [3.63, 3.8) is 0 Å². The predicted molar refractivity (Wildman–Crippen MR) is 127 cm³/mol. The van der Waals surface area contributed by atoms with Gasteiger partial charge in [0, 0.05) is 13.6 Å². The van der Waals surface area contributed by atoms with Crippen molar-refractivity contribution in [1.29, 1.82) is 0 Å². The molecule has 0 aliphatic carbocycles. The largest absolute Gasteiger partial charge is 0.457 e. The summed E-state index contributed by atoms with van der Waals surface area (Å²) >= 11 is 0. The van der Waals surface area contributed by atoms with E-state index in [0.717, 1.165) is 11.1 Å². The van der Waals surface area contributed by atoms with Gasteiger partial charge in [-0.15, -0.1) is 0 Å². The van der Waals surface area contributed by atoms with E-state index in [0.29, 0.717) is 47.4 Å². The van der Waals surface area contributed by atoms with Crippen LogP contribution in [0, 0.1) is 0 Å². The van der Waals surface area contributed by atoms with Crippen LogP contribution in [0.25, 0.3) is 0 Å². The first-order valence-electron chi connectivity index (χ1n) is 11.3. The van der Waals surface area contributed by atoms with E-state index >= 15 is 0 Å². The molecule has 0 bridgehead atoms. The summed E-state index contributed by atoms with van der Waals surface area (Å²) < 4.78 is 16.8. The van der Waals surface area contributed by atoms with Crippen LogP contribution in [-0.4, -0.2) is 42.1 Å². The fraction of sp³-hybridized carbons (Fsp3) is 0.185. The number of rotatable bonds is 5. The Bertz CT molecular complexity index is 1350. The van der Waals surface area contributed by atoms with Crippen LogP contribution in [0.4, 0.5) is 4.79 Å². The van der Waals surface area contributed by atoms with E-state index in [2.05, 4.69) is 5.32 Å². The first-order chi connectivity index (χ1) is 17.1.